The van der Waals surface area contributed by atoms with Crippen molar-refractivity contribution in [2.75, 3.05) is 6.61 Å². The summed E-state index contributed by atoms with van der Waals surface area (Å²) >= 11 is 0. The Morgan fingerprint density at radius 1 is 1.31 bits per heavy atom. The molecule has 1 aromatic heterocycles. The fourth-order valence-electron chi connectivity index (χ4n) is 1.53. The number of rotatable bonds is 4. The molecule has 3 nitrogen and oxygen atoms in total. The summed E-state index contributed by atoms with van der Waals surface area (Å²) in [6.45, 7) is 2.26. The largest absolute Gasteiger partial charge is 0.491 e. The lowest BCUT2D eigenvalue weighted by Crippen LogP contribution is -2.07. The smallest absolute Gasteiger partial charge is 0.145 e. The summed E-state index contributed by atoms with van der Waals surface area (Å²) in [5, 5.41) is 10.2. The predicted octanol–water partition coefficient (Wildman–Crippen LogP) is 2.38. The van der Waals surface area contributed by atoms with Crippen LogP contribution in [0.2, 0.25) is 0 Å². The number of nitrogens with zero attached hydrogens (tertiary/aromatic N) is 1. The maximum absolute atomic E-state index is 9.15. The third kappa shape index (κ3) is 2.49. The van der Waals surface area contributed by atoms with Gasteiger partial charge in [0.25, 0.3) is 0 Å². The minimum Gasteiger partial charge on any atom is -0.491 e. The van der Waals surface area contributed by atoms with Gasteiger partial charge in [-0.3, -0.25) is 4.98 Å². The first-order valence-electron chi connectivity index (χ1n) is 5.42. The van der Waals surface area contributed by atoms with Gasteiger partial charge in [-0.25, -0.2) is 0 Å². The molecule has 0 amide bonds. The van der Waals surface area contributed by atoms with Crippen molar-refractivity contribution in [3.63, 3.8) is 0 Å². The Morgan fingerprint density at radius 3 is 2.94 bits per heavy atom. The molecule has 0 bridgehead atoms. The quantitative estimate of drug-likeness (QED) is 0.855. The van der Waals surface area contributed by atoms with Gasteiger partial charge in [0, 0.05) is 18.0 Å². The molecule has 1 unspecified atom stereocenters. The van der Waals surface area contributed by atoms with Crippen LogP contribution < -0.4 is 4.74 Å². The van der Waals surface area contributed by atoms with Gasteiger partial charge in [0.2, 0.25) is 0 Å². The number of benzene rings is 1. The highest BCUT2D eigenvalue weighted by Crippen LogP contribution is 2.22. The van der Waals surface area contributed by atoms with Crippen molar-refractivity contribution in [2.45, 2.75) is 19.4 Å². The van der Waals surface area contributed by atoms with Crippen LogP contribution in [0, 0.1) is 0 Å². The molecule has 1 N–H and O–H groups in total. The van der Waals surface area contributed by atoms with Gasteiger partial charge in [0.05, 0.1) is 12.7 Å². The standard InChI is InChI=1S/C13H15NO2/c1-10(15)7-9-16-12-6-2-4-11-5-3-8-14-13(11)12/h2-6,8,10,15H,7,9H2,1H3. The van der Waals surface area contributed by atoms with Gasteiger partial charge in [-0.1, -0.05) is 18.2 Å². The van der Waals surface area contributed by atoms with Crippen LogP contribution in [0.3, 0.4) is 0 Å². The molecule has 0 fully saturated rings. The summed E-state index contributed by atoms with van der Waals surface area (Å²) in [4.78, 5) is 4.29. The van der Waals surface area contributed by atoms with Gasteiger partial charge in [0.1, 0.15) is 11.3 Å². The number of hydrogen-bond donors (Lipinski definition) is 1. The van der Waals surface area contributed by atoms with E-state index in [4.69, 9.17) is 9.84 Å². The molecular weight excluding hydrogens is 202 g/mol. The number of para-hydroxylation sites is 1. The maximum Gasteiger partial charge on any atom is 0.145 e. The van der Waals surface area contributed by atoms with E-state index in [9.17, 15) is 0 Å². The minimum absolute atomic E-state index is 0.331. The molecule has 0 aliphatic rings. The van der Waals surface area contributed by atoms with Crippen molar-refractivity contribution >= 4 is 10.9 Å². The van der Waals surface area contributed by atoms with Gasteiger partial charge >= 0.3 is 0 Å². The monoisotopic (exact) mass is 217 g/mol. The van der Waals surface area contributed by atoms with E-state index in [2.05, 4.69) is 4.98 Å². The van der Waals surface area contributed by atoms with Crippen LogP contribution in [0.25, 0.3) is 10.9 Å². The molecule has 0 saturated carbocycles. The van der Waals surface area contributed by atoms with E-state index in [0.29, 0.717) is 13.0 Å². The van der Waals surface area contributed by atoms with E-state index < -0.39 is 0 Å². The van der Waals surface area contributed by atoms with Crippen molar-refractivity contribution in [1.82, 2.24) is 4.98 Å². The summed E-state index contributed by atoms with van der Waals surface area (Å²) in [6, 6.07) is 9.76. The topological polar surface area (TPSA) is 42.4 Å². The molecule has 2 rings (SSSR count). The zero-order valence-electron chi connectivity index (χ0n) is 9.26. The average molecular weight is 217 g/mol. The third-order valence-electron chi connectivity index (χ3n) is 2.39. The molecule has 1 aromatic carbocycles. The van der Waals surface area contributed by atoms with Crippen molar-refractivity contribution in [3.05, 3.63) is 36.5 Å². The van der Waals surface area contributed by atoms with Crippen LogP contribution in [-0.2, 0) is 0 Å². The Balaban J connectivity index is 2.17. The summed E-state index contributed by atoms with van der Waals surface area (Å²) in [7, 11) is 0. The maximum atomic E-state index is 9.15. The van der Waals surface area contributed by atoms with Crippen LogP contribution in [0.4, 0.5) is 0 Å². The molecule has 84 valence electrons. The van der Waals surface area contributed by atoms with Crippen LogP contribution in [0.1, 0.15) is 13.3 Å². The molecule has 0 aliphatic heterocycles. The molecule has 0 radical (unpaired) electrons. The second-order valence-electron chi connectivity index (χ2n) is 3.82. The van der Waals surface area contributed by atoms with E-state index in [0.717, 1.165) is 16.7 Å². The van der Waals surface area contributed by atoms with Gasteiger partial charge in [-0.15, -0.1) is 0 Å². The van der Waals surface area contributed by atoms with Crippen molar-refractivity contribution < 1.29 is 9.84 Å². The second-order valence-corrected chi connectivity index (χ2v) is 3.82. The fraction of sp³-hybridized carbons (Fsp3) is 0.308. The van der Waals surface area contributed by atoms with Crippen LogP contribution in [0.5, 0.6) is 5.75 Å². The van der Waals surface area contributed by atoms with Crippen LogP contribution in [0.15, 0.2) is 36.5 Å². The number of fused-ring (bicyclic) bond motifs is 1. The molecule has 0 aliphatic carbocycles. The Labute approximate surface area is 94.7 Å². The van der Waals surface area contributed by atoms with Crippen molar-refractivity contribution in [3.8, 4) is 5.75 Å². The zero-order chi connectivity index (χ0) is 11.4. The molecule has 0 spiro atoms. The zero-order valence-corrected chi connectivity index (χ0v) is 9.26. The van der Waals surface area contributed by atoms with Gasteiger partial charge in [-0.2, -0.15) is 0 Å². The lowest BCUT2D eigenvalue weighted by atomic mass is 10.2. The Hall–Kier alpha value is -1.61. The van der Waals surface area contributed by atoms with Gasteiger partial charge < -0.3 is 9.84 Å². The molecule has 1 heterocycles. The SMILES string of the molecule is CC(O)CCOc1cccc2cccnc12. The number of ether oxygens (including phenoxy) is 1. The Morgan fingerprint density at radius 2 is 2.12 bits per heavy atom. The first-order valence-corrected chi connectivity index (χ1v) is 5.42. The molecule has 2 aromatic rings. The van der Waals surface area contributed by atoms with Crippen molar-refractivity contribution in [2.24, 2.45) is 0 Å². The summed E-state index contributed by atoms with van der Waals surface area (Å²) in [5.74, 6) is 0.777. The van der Waals surface area contributed by atoms with E-state index in [1.165, 1.54) is 0 Å². The first-order chi connectivity index (χ1) is 7.77. The second kappa shape index (κ2) is 4.94. The van der Waals surface area contributed by atoms with Crippen molar-refractivity contribution in [1.29, 1.82) is 0 Å². The van der Waals surface area contributed by atoms with Gasteiger partial charge in [-0.05, 0) is 19.1 Å². The molecule has 0 saturated heterocycles. The fourth-order valence-corrected chi connectivity index (χ4v) is 1.53. The minimum atomic E-state index is -0.331. The number of aliphatic hydroxyl groups is 1. The third-order valence-corrected chi connectivity index (χ3v) is 2.39. The van der Waals surface area contributed by atoms with E-state index in [1.54, 1.807) is 13.1 Å². The number of aromatic nitrogens is 1. The van der Waals surface area contributed by atoms with E-state index in [-0.39, 0.29) is 6.10 Å². The van der Waals surface area contributed by atoms with E-state index in [1.807, 2.05) is 30.3 Å². The molecule has 1 atom stereocenters. The Kier molecular flexibility index (Phi) is 3.37. The summed E-state index contributed by atoms with van der Waals surface area (Å²) in [6.07, 6.45) is 2.05. The highest BCUT2D eigenvalue weighted by Gasteiger charge is 2.03. The number of pyridine rings is 1. The molecule has 16 heavy (non-hydrogen) atoms. The lowest BCUT2D eigenvalue weighted by molar-refractivity contribution is 0.156. The van der Waals surface area contributed by atoms with Crippen LogP contribution >= 0.6 is 0 Å². The highest BCUT2D eigenvalue weighted by molar-refractivity contribution is 5.84. The number of aliphatic hydroxyl groups excluding tert-OH is 1. The normalized spacial score (nSPS) is 12.6. The summed E-state index contributed by atoms with van der Waals surface area (Å²) in [5.41, 5.74) is 0.871. The highest BCUT2D eigenvalue weighted by atomic mass is 16.5. The number of hydrogen-bond acceptors (Lipinski definition) is 3. The molecule has 3 heteroatoms. The van der Waals surface area contributed by atoms with Crippen LogP contribution in [-0.4, -0.2) is 22.8 Å². The van der Waals surface area contributed by atoms with E-state index >= 15 is 0 Å². The Bertz CT molecular complexity index is 463. The summed E-state index contributed by atoms with van der Waals surface area (Å²) < 4.78 is 5.61. The lowest BCUT2D eigenvalue weighted by Gasteiger charge is -2.09. The van der Waals surface area contributed by atoms with Gasteiger partial charge in [0.15, 0.2) is 0 Å². The average Bonchev–Trinajstić information content (AvgIpc) is 2.29. The molecular formula is C13H15NO2. The predicted molar refractivity (Wildman–Crippen MR) is 63.5 cm³/mol. The first kappa shape index (κ1) is 10.9.